The van der Waals surface area contributed by atoms with E-state index in [1.807, 2.05) is 0 Å². The van der Waals surface area contributed by atoms with Gasteiger partial charge in [-0.15, -0.1) is 0 Å². The Morgan fingerprint density at radius 1 is 1.16 bits per heavy atom. The number of nitrogens with zero attached hydrogens (tertiary/aromatic N) is 4. The largest absolute Gasteiger partial charge is 0.416 e. The number of carbonyl (C=O) groups is 2. The Hall–Kier alpha value is -3.54. The molecule has 0 aliphatic carbocycles. The molecule has 12 heteroatoms. The number of aromatic nitrogens is 3. The van der Waals surface area contributed by atoms with Crippen molar-refractivity contribution in [3.8, 4) is 0 Å². The summed E-state index contributed by atoms with van der Waals surface area (Å²) in [6, 6.07) is 3.96. The minimum Gasteiger partial charge on any atom is -0.319 e. The summed E-state index contributed by atoms with van der Waals surface area (Å²) in [5.41, 5.74) is 0.143. The quantitative estimate of drug-likeness (QED) is 0.635. The van der Waals surface area contributed by atoms with Crippen molar-refractivity contribution in [3.63, 3.8) is 0 Å². The molecule has 2 N–H and O–H groups in total. The van der Waals surface area contributed by atoms with Crippen molar-refractivity contribution in [2.24, 2.45) is 0 Å². The van der Waals surface area contributed by atoms with Crippen molar-refractivity contribution in [1.29, 1.82) is 0 Å². The van der Waals surface area contributed by atoms with Gasteiger partial charge in [0.05, 0.1) is 24.0 Å². The van der Waals surface area contributed by atoms with E-state index in [1.54, 1.807) is 0 Å². The molecule has 3 amide bonds. The number of rotatable bonds is 3. The number of thiazole rings is 1. The summed E-state index contributed by atoms with van der Waals surface area (Å²) in [6.07, 6.45) is 0.168. The van der Waals surface area contributed by atoms with Crippen LogP contribution in [0.1, 0.15) is 26.6 Å². The molecule has 0 spiro atoms. The molecule has 1 aliphatic heterocycles. The van der Waals surface area contributed by atoms with E-state index in [1.165, 1.54) is 47.0 Å². The molecule has 160 valence electrons. The third-order valence-corrected chi connectivity index (χ3v) is 5.47. The number of nitrogens with one attached hydrogen (secondary N) is 2. The molecule has 0 fully saturated rings. The number of anilines is 2. The number of benzene rings is 1. The molecule has 3 heterocycles. The summed E-state index contributed by atoms with van der Waals surface area (Å²) >= 11 is 1.23. The van der Waals surface area contributed by atoms with Crippen molar-refractivity contribution >= 4 is 34.1 Å². The summed E-state index contributed by atoms with van der Waals surface area (Å²) in [6.45, 7) is 0.581. The first-order valence-electron chi connectivity index (χ1n) is 9.09. The molecule has 4 rings (SSSR count). The van der Waals surface area contributed by atoms with Gasteiger partial charge in [-0.05, 0) is 18.2 Å². The highest BCUT2D eigenvalue weighted by Crippen LogP contribution is 2.31. The molecule has 1 aliphatic rings. The first-order valence-corrected chi connectivity index (χ1v) is 9.90. The van der Waals surface area contributed by atoms with Gasteiger partial charge in [-0.3, -0.25) is 15.1 Å². The number of hydrogen-bond donors (Lipinski definition) is 2. The molecule has 0 saturated carbocycles. The second-order valence-corrected chi connectivity index (χ2v) is 7.70. The number of urea groups is 1. The SMILES string of the molecule is O=C(Nc1nc2c(s1)CN(C(=O)Nc1cccc(C(F)(F)F)c1)CC2)c1cnccn1. The number of alkyl halides is 3. The molecule has 3 aromatic rings. The van der Waals surface area contributed by atoms with E-state index < -0.39 is 23.7 Å². The molecular formula is C19H15F3N6O2S. The van der Waals surface area contributed by atoms with E-state index in [-0.39, 0.29) is 17.9 Å². The molecule has 0 atom stereocenters. The lowest BCUT2D eigenvalue weighted by Crippen LogP contribution is -2.38. The molecule has 31 heavy (non-hydrogen) atoms. The summed E-state index contributed by atoms with van der Waals surface area (Å²) in [7, 11) is 0. The molecule has 0 bridgehead atoms. The van der Waals surface area contributed by atoms with Crippen LogP contribution in [-0.4, -0.2) is 38.3 Å². The molecule has 8 nitrogen and oxygen atoms in total. The van der Waals surface area contributed by atoms with Crippen LogP contribution in [0.25, 0.3) is 0 Å². The molecule has 2 aromatic heterocycles. The average molecular weight is 448 g/mol. The van der Waals surface area contributed by atoms with E-state index in [2.05, 4.69) is 25.6 Å². The Labute approximate surface area is 178 Å². The predicted octanol–water partition coefficient (Wildman–Crippen LogP) is 3.79. The van der Waals surface area contributed by atoms with Gasteiger partial charge in [0, 0.05) is 35.9 Å². The summed E-state index contributed by atoms with van der Waals surface area (Å²) in [4.78, 5) is 39.2. The number of carbonyl (C=O) groups excluding carboxylic acids is 2. The van der Waals surface area contributed by atoms with Gasteiger partial charge < -0.3 is 10.2 Å². The first kappa shape index (κ1) is 20.7. The van der Waals surface area contributed by atoms with Gasteiger partial charge in [0.1, 0.15) is 5.69 Å². The normalized spacial score (nSPS) is 13.5. The monoisotopic (exact) mass is 448 g/mol. The zero-order chi connectivity index (χ0) is 22.0. The zero-order valence-corrected chi connectivity index (χ0v) is 16.6. The maximum absolute atomic E-state index is 12.9. The van der Waals surface area contributed by atoms with Gasteiger partial charge in [0.15, 0.2) is 5.13 Å². The Balaban J connectivity index is 1.41. The van der Waals surface area contributed by atoms with Crippen LogP contribution in [0, 0.1) is 0 Å². The van der Waals surface area contributed by atoms with E-state index in [0.29, 0.717) is 18.1 Å². The standard InChI is InChI=1S/C19H15F3N6O2S/c20-19(21,22)11-2-1-3-12(8-11)25-18(30)28-7-4-13-15(10-28)31-17(26-13)27-16(29)14-9-23-5-6-24-14/h1-3,5-6,8-9H,4,7,10H2,(H,25,30)(H,26,27,29). The van der Waals surface area contributed by atoms with Crippen LogP contribution in [0.3, 0.4) is 0 Å². The molecule has 0 unspecified atom stereocenters. The van der Waals surface area contributed by atoms with Gasteiger partial charge >= 0.3 is 12.2 Å². The first-order chi connectivity index (χ1) is 14.8. The van der Waals surface area contributed by atoms with Crippen LogP contribution in [0.15, 0.2) is 42.9 Å². The summed E-state index contributed by atoms with van der Waals surface area (Å²) in [5.74, 6) is -0.446. The number of fused-ring (bicyclic) bond motifs is 1. The summed E-state index contributed by atoms with van der Waals surface area (Å²) < 4.78 is 38.6. The molecular weight excluding hydrogens is 433 g/mol. The number of halogens is 3. The fraction of sp³-hybridized carbons (Fsp3) is 0.211. The topological polar surface area (TPSA) is 100 Å². The Morgan fingerprint density at radius 3 is 2.74 bits per heavy atom. The van der Waals surface area contributed by atoms with Gasteiger partial charge in [0.2, 0.25) is 0 Å². The highest BCUT2D eigenvalue weighted by molar-refractivity contribution is 7.15. The highest BCUT2D eigenvalue weighted by atomic mass is 32.1. The Kier molecular flexibility index (Phi) is 5.55. The maximum Gasteiger partial charge on any atom is 0.416 e. The van der Waals surface area contributed by atoms with E-state index in [9.17, 15) is 22.8 Å². The summed E-state index contributed by atoms with van der Waals surface area (Å²) in [5, 5.41) is 5.54. The van der Waals surface area contributed by atoms with Gasteiger partial charge in [0.25, 0.3) is 5.91 Å². The van der Waals surface area contributed by atoms with Gasteiger partial charge in [-0.25, -0.2) is 14.8 Å². The minimum atomic E-state index is -4.49. The minimum absolute atomic E-state index is 0.0619. The van der Waals surface area contributed by atoms with Crippen molar-refractivity contribution in [2.75, 3.05) is 17.2 Å². The van der Waals surface area contributed by atoms with Crippen LogP contribution in [-0.2, 0) is 19.1 Å². The lowest BCUT2D eigenvalue weighted by Gasteiger charge is -2.26. The van der Waals surface area contributed by atoms with Crippen LogP contribution in [0.2, 0.25) is 0 Å². The fourth-order valence-corrected chi connectivity index (χ4v) is 3.99. The van der Waals surface area contributed by atoms with Crippen molar-refractivity contribution in [1.82, 2.24) is 19.9 Å². The maximum atomic E-state index is 12.9. The zero-order valence-electron chi connectivity index (χ0n) is 15.8. The lowest BCUT2D eigenvalue weighted by atomic mass is 10.2. The van der Waals surface area contributed by atoms with Crippen LogP contribution >= 0.6 is 11.3 Å². The Morgan fingerprint density at radius 2 is 2.00 bits per heavy atom. The fourth-order valence-electron chi connectivity index (χ4n) is 2.98. The van der Waals surface area contributed by atoms with Crippen LogP contribution in [0.5, 0.6) is 0 Å². The van der Waals surface area contributed by atoms with Crippen molar-refractivity contribution in [2.45, 2.75) is 19.1 Å². The van der Waals surface area contributed by atoms with Crippen LogP contribution in [0.4, 0.5) is 28.8 Å². The van der Waals surface area contributed by atoms with Crippen molar-refractivity contribution in [3.05, 3.63) is 64.7 Å². The van der Waals surface area contributed by atoms with Crippen LogP contribution < -0.4 is 10.6 Å². The predicted molar refractivity (Wildman–Crippen MR) is 107 cm³/mol. The average Bonchev–Trinajstić information content (AvgIpc) is 3.15. The van der Waals surface area contributed by atoms with Crippen molar-refractivity contribution < 1.29 is 22.8 Å². The molecule has 1 aromatic carbocycles. The van der Waals surface area contributed by atoms with Gasteiger partial charge in [-0.2, -0.15) is 13.2 Å². The van der Waals surface area contributed by atoms with E-state index >= 15 is 0 Å². The third kappa shape index (κ3) is 4.79. The third-order valence-electron chi connectivity index (χ3n) is 4.48. The van der Waals surface area contributed by atoms with E-state index in [0.717, 1.165) is 22.7 Å². The molecule has 0 saturated heterocycles. The highest BCUT2D eigenvalue weighted by Gasteiger charge is 2.31. The van der Waals surface area contributed by atoms with Gasteiger partial charge in [-0.1, -0.05) is 17.4 Å². The van der Waals surface area contributed by atoms with E-state index in [4.69, 9.17) is 0 Å². The Bertz CT molecular complexity index is 1120. The number of hydrogen-bond acceptors (Lipinski definition) is 6. The number of amides is 3. The smallest absolute Gasteiger partial charge is 0.319 e. The second-order valence-electron chi connectivity index (χ2n) is 6.61. The second kappa shape index (κ2) is 8.30. The lowest BCUT2D eigenvalue weighted by molar-refractivity contribution is -0.137. The molecule has 0 radical (unpaired) electrons.